The van der Waals surface area contributed by atoms with Gasteiger partial charge in [0.15, 0.2) is 5.82 Å². The topological polar surface area (TPSA) is 25.8 Å². The summed E-state index contributed by atoms with van der Waals surface area (Å²) >= 11 is 6.18. The van der Waals surface area contributed by atoms with E-state index in [-0.39, 0.29) is 27.8 Å². The summed E-state index contributed by atoms with van der Waals surface area (Å²) in [7, 11) is 0. The molecule has 0 aliphatic carbocycles. The summed E-state index contributed by atoms with van der Waals surface area (Å²) in [5.41, 5.74) is -0.243. The second kappa shape index (κ2) is 6.88. The van der Waals surface area contributed by atoms with Gasteiger partial charge in [-0.15, -0.1) is 0 Å². The second-order valence-electron chi connectivity index (χ2n) is 5.02. The van der Waals surface area contributed by atoms with Crippen molar-refractivity contribution in [2.24, 2.45) is 0 Å². The summed E-state index contributed by atoms with van der Waals surface area (Å²) in [6.07, 6.45) is 0. The van der Waals surface area contributed by atoms with Crippen LogP contribution in [-0.4, -0.2) is 9.97 Å². The van der Waals surface area contributed by atoms with E-state index < -0.39 is 59.9 Å². The van der Waals surface area contributed by atoms with Crippen LogP contribution < -0.4 is 0 Å². The highest BCUT2D eigenvalue weighted by Gasteiger charge is 2.08. The van der Waals surface area contributed by atoms with Crippen LogP contribution in [0.1, 0.15) is 12.3 Å². The molecule has 2 nitrogen and oxygen atoms in total. The van der Waals surface area contributed by atoms with Crippen LogP contribution in [0.4, 0.5) is 0 Å². The highest BCUT2D eigenvalue weighted by atomic mass is 35.5. The van der Waals surface area contributed by atoms with Crippen molar-refractivity contribution in [3.05, 3.63) is 95.9 Å². The maximum absolute atomic E-state index is 8.55. The number of rotatable bonds is 3. The lowest BCUT2D eigenvalue weighted by molar-refractivity contribution is 1.18. The van der Waals surface area contributed by atoms with Gasteiger partial charge in [0.2, 0.25) is 0 Å². The van der Waals surface area contributed by atoms with Crippen LogP contribution >= 0.6 is 11.6 Å². The normalized spacial score (nSPS) is 15.6. The number of hydrogen-bond acceptors (Lipinski definition) is 2. The van der Waals surface area contributed by atoms with Crippen LogP contribution in [0.2, 0.25) is 5.15 Å². The lowest BCUT2D eigenvalue weighted by Crippen LogP contribution is -1.93. The summed E-state index contributed by atoms with van der Waals surface area (Å²) in [4.78, 5) is 8.57. The Hall–Kier alpha value is -2.97. The minimum Gasteiger partial charge on any atom is -0.228 e. The van der Waals surface area contributed by atoms with E-state index in [0.717, 1.165) is 0 Å². The van der Waals surface area contributed by atoms with E-state index in [1.165, 1.54) is 6.07 Å². The fourth-order valence-corrected chi connectivity index (χ4v) is 2.39. The van der Waals surface area contributed by atoms with Crippen molar-refractivity contribution in [1.29, 1.82) is 0 Å². The van der Waals surface area contributed by atoms with Crippen molar-refractivity contribution < 1.29 is 12.3 Å². The van der Waals surface area contributed by atoms with Gasteiger partial charge in [0.25, 0.3) is 0 Å². The Balaban J connectivity index is 2.01. The van der Waals surface area contributed by atoms with Crippen LogP contribution in [0.25, 0.3) is 33.8 Å². The van der Waals surface area contributed by atoms with Crippen molar-refractivity contribution in [3.8, 4) is 33.8 Å². The molecule has 0 atom stereocenters. The molecule has 1 aromatic heterocycles. The Morgan fingerprint density at radius 2 is 1.32 bits per heavy atom. The molecule has 120 valence electrons. The van der Waals surface area contributed by atoms with Gasteiger partial charge in [0, 0.05) is 17.2 Å². The quantitative estimate of drug-likeness (QED) is 0.415. The smallest absolute Gasteiger partial charge is 0.161 e. The molecule has 0 N–H and O–H groups in total. The highest BCUT2D eigenvalue weighted by molar-refractivity contribution is 6.29. The molecule has 4 aromatic rings. The molecule has 25 heavy (non-hydrogen) atoms. The molecule has 4 rings (SSSR count). The zero-order chi connectivity index (χ0) is 24.9. The molecule has 0 amide bonds. The standard InChI is InChI=1S/C22H15ClN2/c23-21-15-20(24-22(25-21)19-9-5-2-6-10-19)18-13-11-17(12-14-18)16-7-3-1-4-8-16/h1-15H/i1D,3D,4D,7D,8D,11D,12D,13D,14D. The summed E-state index contributed by atoms with van der Waals surface area (Å²) < 4.78 is 74.0. The Morgan fingerprint density at radius 3 is 2.04 bits per heavy atom. The number of halogens is 1. The zero-order valence-electron chi connectivity index (χ0n) is 21.7. The Bertz CT molecular complexity index is 1400. The first-order chi connectivity index (χ1) is 16.0. The largest absolute Gasteiger partial charge is 0.228 e. The molecule has 1 heterocycles. The average Bonchev–Trinajstić information content (AvgIpc) is 2.82. The maximum Gasteiger partial charge on any atom is 0.161 e. The van der Waals surface area contributed by atoms with Crippen molar-refractivity contribution in [2.75, 3.05) is 0 Å². The summed E-state index contributed by atoms with van der Waals surface area (Å²) in [6.45, 7) is 0. The van der Waals surface area contributed by atoms with Crippen LogP contribution in [0.5, 0.6) is 0 Å². The van der Waals surface area contributed by atoms with Gasteiger partial charge in [-0.3, -0.25) is 0 Å². The van der Waals surface area contributed by atoms with Crippen LogP contribution in [0.15, 0.2) is 90.8 Å². The van der Waals surface area contributed by atoms with Crippen molar-refractivity contribution in [1.82, 2.24) is 9.97 Å². The van der Waals surface area contributed by atoms with Crippen LogP contribution in [0, 0.1) is 0 Å². The first kappa shape index (κ1) is 8.41. The first-order valence-electron chi connectivity index (χ1n) is 11.8. The number of hydrogen-bond donors (Lipinski definition) is 0. The van der Waals surface area contributed by atoms with E-state index in [4.69, 9.17) is 23.9 Å². The van der Waals surface area contributed by atoms with Gasteiger partial charge in [0.1, 0.15) is 5.15 Å². The molecular formula is C22H15ClN2. The summed E-state index contributed by atoms with van der Waals surface area (Å²) in [6, 6.07) is 4.99. The summed E-state index contributed by atoms with van der Waals surface area (Å²) in [5.74, 6) is 0.231. The molecular weight excluding hydrogens is 328 g/mol. The van der Waals surface area contributed by atoms with Gasteiger partial charge >= 0.3 is 0 Å². The molecule has 0 saturated carbocycles. The zero-order valence-corrected chi connectivity index (χ0v) is 13.5. The molecule has 0 aliphatic rings. The fraction of sp³-hybridized carbons (Fsp3) is 0. The van der Waals surface area contributed by atoms with Crippen molar-refractivity contribution in [2.45, 2.75) is 0 Å². The van der Waals surface area contributed by atoms with E-state index in [9.17, 15) is 0 Å². The fourth-order valence-electron chi connectivity index (χ4n) is 2.20. The van der Waals surface area contributed by atoms with Gasteiger partial charge in [-0.2, -0.15) is 0 Å². The molecule has 0 bridgehead atoms. The van der Waals surface area contributed by atoms with E-state index >= 15 is 0 Å². The third-order valence-corrected chi connectivity index (χ3v) is 3.55. The highest BCUT2D eigenvalue weighted by Crippen LogP contribution is 2.27. The van der Waals surface area contributed by atoms with Crippen LogP contribution in [-0.2, 0) is 0 Å². The van der Waals surface area contributed by atoms with Gasteiger partial charge < -0.3 is 0 Å². The molecule has 0 fully saturated rings. The van der Waals surface area contributed by atoms with Gasteiger partial charge in [-0.1, -0.05) is 96.3 Å². The lowest BCUT2D eigenvalue weighted by atomic mass is 10.0. The Morgan fingerprint density at radius 1 is 0.680 bits per heavy atom. The van der Waals surface area contributed by atoms with Gasteiger partial charge in [-0.25, -0.2) is 9.97 Å². The van der Waals surface area contributed by atoms with E-state index in [1.807, 2.05) is 6.07 Å². The van der Waals surface area contributed by atoms with Gasteiger partial charge in [0.05, 0.1) is 18.0 Å². The Kier molecular flexibility index (Phi) is 2.31. The predicted octanol–water partition coefficient (Wildman–Crippen LogP) is 6.13. The van der Waals surface area contributed by atoms with Gasteiger partial charge in [-0.05, 0) is 11.1 Å². The molecule has 0 radical (unpaired) electrons. The van der Waals surface area contributed by atoms with Crippen molar-refractivity contribution in [3.63, 3.8) is 0 Å². The third kappa shape index (κ3) is 3.44. The minimum atomic E-state index is -0.632. The molecule has 0 saturated heterocycles. The molecule has 3 heteroatoms. The van der Waals surface area contributed by atoms with Crippen molar-refractivity contribution >= 4 is 11.6 Å². The van der Waals surface area contributed by atoms with E-state index in [2.05, 4.69) is 9.97 Å². The molecule has 0 spiro atoms. The first-order valence-corrected chi connectivity index (χ1v) is 7.70. The maximum atomic E-state index is 8.55. The van der Waals surface area contributed by atoms with E-state index in [0.29, 0.717) is 5.56 Å². The van der Waals surface area contributed by atoms with Crippen LogP contribution in [0.3, 0.4) is 0 Å². The average molecular weight is 352 g/mol. The van der Waals surface area contributed by atoms with E-state index in [1.54, 1.807) is 24.3 Å². The number of aromatic nitrogens is 2. The number of benzene rings is 3. The summed E-state index contributed by atoms with van der Waals surface area (Å²) in [5, 5.41) is 0.0374. The minimum absolute atomic E-state index is 0.0374. The SMILES string of the molecule is [2H]c1c([2H])c([2H])c(-c2c([2H])c([2H])c(-c3cc(Cl)nc(-c4ccccc4)n3)c([2H])c2[2H])c([2H])c1[2H]. The molecule has 0 aliphatic heterocycles. The number of nitrogens with zero attached hydrogens (tertiary/aromatic N) is 2. The molecule has 0 unspecified atom stereocenters. The Labute approximate surface area is 164 Å². The molecule has 3 aromatic carbocycles. The monoisotopic (exact) mass is 351 g/mol. The lowest BCUT2D eigenvalue weighted by Gasteiger charge is -2.07. The third-order valence-electron chi connectivity index (χ3n) is 3.36. The second-order valence-corrected chi connectivity index (χ2v) is 5.40. The predicted molar refractivity (Wildman–Crippen MR) is 103 cm³/mol.